The van der Waals surface area contributed by atoms with Gasteiger partial charge in [-0.1, -0.05) is 0 Å². The van der Waals surface area contributed by atoms with Gasteiger partial charge < -0.3 is 0 Å². The van der Waals surface area contributed by atoms with E-state index in [2.05, 4.69) is 12.6 Å². The van der Waals surface area contributed by atoms with E-state index in [-0.39, 0.29) is 0 Å². The van der Waals surface area contributed by atoms with Gasteiger partial charge in [0.1, 0.15) is 0 Å². The maximum Gasteiger partial charge on any atom is 0.0680 e. The molecule has 0 spiro atoms. The van der Waals surface area contributed by atoms with Crippen molar-refractivity contribution in [3.63, 3.8) is 0 Å². The predicted molar refractivity (Wildman–Crippen MR) is 37.0 cm³/mol. The van der Waals surface area contributed by atoms with Crippen molar-refractivity contribution in [3.8, 4) is 0 Å². The molecule has 0 saturated carbocycles. The Morgan fingerprint density at radius 1 is 1.67 bits per heavy atom. The Hall–Kier alpha value is 0.990. The van der Waals surface area contributed by atoms with E-state index in [1.165, 1.54) is 0 Å². The summed E-state index contributed by atoms with van der Waals surface area (Å²) in [7, 11) is 0. The van der Waals surface area contributed by atoms with Gasteiger partial charge in [0, 0.05) is 5.75 Å². The monoisotopic (exact) mass is 142 g/mol. The van der Waals surface area contributed by atoms with E-state index in [4.69, 9.17) is 11.6 Å². The molecule has 0 fully saturated rings. The molecule has 0 nitrogen and oxygen atoms in total. The van der Waals surface area contributed by atoms with Gasteiger partial charge >= 0.3 is 0 Å². The lowest BCUT2D eigenvalue weighted by Gasteiger charge is -1.85. The Bertz CT molecular complexity index is 20.8. The summed E-state index contributed by atoms with van der Waals surface area (Å²) in [5.41, 5.74) is 0. The lowest BCUT2D eigenvalue weighted by Crippen LogP contribution is -1.75. The predicted octanol–water partition coefficient (Wildman–Crippen LogP) is 1.85. The first kappa shape index (κ1) is 6.99. The van der Waals surface area contributed by atoms with Crippen molar-refractivity contribution >= 4 is 36.0 Å². The minimum Gasteiger partial charge on any atom is -0.179 e. The summed E-state index contributed by atoms with van der Waals surface area (Å²) in [5, 5.41) is 0.695. The number of thiol groups is 1. The second-order valence-corrected chi connectivity index (χ2v) is 2.88. The average Bonchev–Trinajstić information content (AvgIpc) is 1.61. The summed E-state index contributed by atoms with van der Waals surface area (Å²) in [6.45, 7) is 0. The molecule has 0 amide bonds. The molecule has 0 aliphatic rings. The fraction of sp³-hybridized carbons (Fsp3) is 1.00. The lowest BCUT2D eigenvalue weighted by atomic mass is 11.0. The van der Waals surface area contributed by atoms with Crippen LogP contribution in [-0.4, -0.2) is 16.7 Å². The highest BCUT2D eigenvalue weighted by atomic mass is 35.5. The van der Waals surface area contributed by atoms with Gasteiger partial charge in [-0.15, -0.1) is 23.4 Å². The molecule has 38 valence electrons. The minimum absolute atomic E-state index is 0.695. The standard InChI is InChI=1S/C3H7ClS2/c4-3-6-2-1-5/h5H,1-3H2. The van der Waals surface area contributed by atoms with Crippen LogP contribution in [0.2, 0.25) is 0 Å². The largest absolute Gasteiger partial charge is 0.179 e. The number of thioether (sulfide) groups is 1. The van der Waals surface area contributed by atoms with Crippen LogP contribution in [0.15, 0.2) is 0 Å². The molecule has 0 aromatic carbocycles. The zero-order valence-electron chi connectivity index (χ0n) is 3.35. The molecule has 0 aromatic heterocycles. The Morgan fingerprint density at radius 3 is 2.50 bits per heavy atom. The van der Waals surface area contributed by atoms with Crippen molar-refractivity contribution in [1.82, 2.24) is 0 Å². The van der Waals surface area contributed by atoms with Gasteiger partial charge in [0.2, 0.25) is 0 Å². The Morgan fingerprint density at radius 2 is 2.33 bits per heavy atom. The van der Waals surface area contributed by atoms with E-state index in [1.54, 1.807) is 11.8 Å². The van der Waals surface area contributed by atoms with Gasteiger partial charge in [0.15, 0.2) is 0 Å². The fourth-order valence-electron chi connectivity index (χ4n) is 0.119. The van der Waals surface area contributed by atoms with Crippen molar-refractivity contribution in [3.05, 3.63) is 0 Å². The van der Waals surface area contributed by atoms with Crippen LogP contribution in [0.4, 0.5) is 0 Å². The molecule has 0 rings (SSSR count). The highest BCUT2D eigenvalue weighted by molar-refractivity contribution is 8.01. The SMILES string of the molecule is SCCSCCl. The summed E-state index contributed by atoms with van der Waals surface area (Å²) in [5.74, 6) is 1.99. The van der Waals surface area contributed by atoms with Crippen LogP contribution < -0.4 is 0 Å². The van der Waals surface area contributed by atoms with Crippen molar-refractivity contribution in [2.24, 2.45) is 0 Å². The molecular weight excluding hydrogens is 136 g/mol. The molecule has 0 unspecified atom stereocenters. The topological polar surface area (TPSA) is 0 Å². The van der Waals surface area contributed by atoms with E-state index < -0.39 is 0 Å². The van der Waals surface area contributed by atoms with Gasteiger partial charge in [-0.05, 0) is 5.75 Å². The van der Waals surface area contributed by atoms with E-state index >= 15 is 0 Å². The van der Waals surface area contributed by atoms with Gasteiger partial charge in [0.05, 0.1) is 5.21 Å². The van der Waals surface area contributed by atoms with E-state index in [0.29, 0.717) is 5.21 Å². The fourth-order valence-corrected chi connectivity index (χ4v) is 1.07. The van der Waals surface area contributed by atoms with Crippen LogP contribution in [0, 0.1) is 0 Å². The zero-order valence-corrected chi connectivity index (χ0v) is 5.82. The number of rotatable bonds is 3. The van der Waals surface area contributed by atoms with Crippen molar-refractivity contribution < 1.29 is 0 Å². The third-order valence-electron chi connectivity index (χ3n) is 0.313. The normalized spacial score (nSPS) is 9.00. The quantitative estimate of drug-likeness (QED) is 0.357. The van der Waals surface area contributed by atoms with Crippen LogP contribution in [0.1, 0.15) is 0 Å². The van der Waals surface area contributed by atoms with Gasteiger partial charge in [0.25, 0.3) is 0 Å². The van der Waals surface area contributed by atoms with Crippen molar-refractivity contribution in [2.75, 3.05) is 16.7 Å². The molecule has 0 aliphatic heterocycles. The Labute approximate surface area is 53.1 Å². The molecule has 0 bridgehead atoms. The molecule has 0 radical (unpaired) electrons. The van der Waals surface area contributed by atoms with Crippen LogP contribution in [0.5, 0.6) is 0 Å². The van der Waals surface area contributed by atoms with Gasteiger partial charge in [-0.2, -0.15) is 12.6 Å². The summed E-state index contributed by atoms with van der Waals surface area (Å²) < 4.78 is 0. The van der Waals surface area contributed by atoms with Crippen molar-refractivity contribution in [1.29, 1.82) is 0 Å². The second kappa shape index (κ2) is 5.99. The highest BCUT2D eigenvalue weighted by Crippen LogP contribution is 2.00. The molecule has 0 N–H and O–H groups in total. The Kier molecular flexibility index (Phi) is 6.98. The summed E-state index contributed by atoms with van der Waals surface area (Å²) >= 11 is 11.0. The van der Waals surface area contributed by atoms with Crippen LogP contribution in [0.3, 0.4) is 0 Å². The number of alkyl halides is 1. The third-order valence-corrected chi connectivity index (χ3v) is 1.95. The van der Waals surface area contributed by atoms with Gasteiger partial charge in [-0.3, -0.25) is 0 Å². The first-order valence-electron chi connectivity index (χ1n) is 1.66. The van der Waals surface area contributed by atoms with Crippen molar-refractivity contribution in [2.45, 2.75) is 0 Å². The first-order valence-corrected chi connectivity index (χ1v) is 3.98. The molecule has 0 aliphatic carbocycles. The maximum atomic E-state index is 5.31. The second-order valence-electron chi connectivity index (χ2n) is 0.741. The average molecular weight is 143 g/mol. The molecule has 0 saturated heterocycles. The highest BCUT2D eigenvalue weighted by Gasteiger charge is 1.76. The third kappa shape index (κ3) is 4.99. The van der Waals surface area contributed by atoms with Gasteiger partial charge in [-0.25, -0.2) is 0 Å². The molecule has 0 atom stereocenters. The molecular formula is C3H7ClS2. The first-order chi connectivity index (χ1) is 2.91. The van der Waals surface area contributed by atoms with Crippen LogP contribution >= 0.6 is 36.0 Å². The van der Waals surface area contributed by atoms with Crippen LogP contribution in [-0.2, 0) is 0 Å². The maximum absolute atomic E-state index is 5.31. The zero-order chi connectivity index (χ0) is 4.83. The Balaban J connectivity index is 2.34. The summed E-state index contributed by atoms with van der Waals surface area (Å²) in [4.78, 5) is 0. The smallest absolute Gasteiger partial charge is 0.0680 e. The van der Waals surface area contributed by atoms with E-state index in [1.807, 2.05) is 0 Å². The number of hydrogen-bond acceptors (Lipinski definition) is 2. The van der Waals surface area contributed by atoms with E-state index in [0.717, 1.165) is 11.5 Å². The molecule has 3 heteroatoms. The minimum atomic E-state index is 0.695. The number of hydrogen-bond donors (Lipinski definition) is 1. The summed E-state index contributed by atoms with van der Waals surface area (Å²) in [6, 6.07) is 0. The number of halogens is 1. The molecule has 0 heterocycles. The summed E-state index contributed by atoms with van der Waals surface area (Å²) in [6.07, 6.45) is 0. The van der Waals surface area contributed by atoms with Crippen LogP contribution in [0.25, 0.3) is 0 Å². The van der Waals surface area contributed by atoms with E-state index in [9.17, 15) is 0 Å². The molecule has 0 aromatic rings. The lowest BCUT2D eigenvalue weighted by molar-refractivity contribution is 1.57. The molecule has 6 heavy (non-hydrogen) atoms.